The molecule has 1 aromatic rings. The van der Waals surface area contributed by atoms with Gasteiger partial charge in [0.2, 0.25) is 0 Å². The minimum atomic E-state index is 0.398. The number of phenols is 1. The van der Waals surface area contributed by atoms with Crippen LogP contribution in [-0.2, 0) is 6.42 Å². The van der Waals surface area contributed by atoms with E-state index in [-0.39, 0.29) is 0 Å². The fourth-order valence-electron chi connectivity index (χ4n) is 1.49. The van der Waals surface area contributed by atoms with Crippen LogP contribution in [0.4, 0.5) is 0 Å². The minimum Gasteiger partial charge on any atom is -0.508 e. The fraction of sp³-hybridized carbons (Fsp3) is 0.200. The summed E-state index contributed by atoms with van der Waals surface area (Å²) in [6, 6.07) is 3.75. The molecule has 1 N–H and O–H groups in total. The van der Waals surface area contributed by atoms with E-state index in [0.717, 1.165) is 12.0 Å². The van der Waals surface area contributed by atoms with E-state index in [2.05, 4.69) is 12.2 Å². The van der Waals surface area contributed by atoms with Crippen molar-refractivity contribution in [3.63, 3.8) is 0 Å². The van der Waals surface area contributed by atoms with Gasteiger partial charge < -0.3 is 5.11 Å². The van der Waals surface area contributed by atoms with Gasteiger partial charge in [-0.2, -0.15) is 0 Å². The predicted molar refractivity (Wildman–Crippen MR) is 45.6 cm³/mol. The van der Waals surface area contributed by atoms with Gasteiger partial charge in [0, 0.05) is 0 Å². The molecule has 1 aromatic carbocycles. The van der Waals surface area contributed by atoms with Crippen LogP contribution in [0.3, 0.4) is 0 Å². The molecule has 11 heavy (non-hydrogen) atoms. The van der Waals surface area contributed by atoms with Gasteiger partial charge in [-0.3, -0.25) is 0 Å². The van der Waals surface area contributed by atoms with Gasteiger partial charge in [-0.05, 0) is 36.1 Å². The Morgan fingerprint density at radius 2 is 2.18 bits per heavy atom. The van der Waals surface area contributed by atoms with Crippen LogP contribution in [0.5, 0.6) is 5.75 Å². The molecule has 0 saturated carbocycles. The van der Waals surface area contributed by atoms with Gasteiger partial charge in [0.1, 0.15) is 5.75 Å². The normalized spacial score (nSPS) is 13.5. The van der Waals surface area contributed by atoms with Crippen molar-refractivity contribution in [1.29, 1.82) is 0 Å². The van der Waals surface area contributed by atoms with Crippen molar-refractivity contribution >= 4 is 6.08 Å². The molecule has 0 aliphatic heterocycles. The Morgan fingerprint density at radius 3 is 3.00 bits per heavy atom. The van der Waals surface area contributed by atoms with Crippen molar-refractivity contribution in [2.24, 2.45) is 0 Å². The Labute approximate surface area is 66.0 Å². The molecule has 0 aromatic heterocycles. The van der Waals surface area contributed by atoms with Crippen molar-refractivity contribution in [1.82, 2.24) is 0 Å². The first-order chi connectivity index (χ1) is 5.29. The van der Waals surface area contributed by atoms with Gasteiger partial charge in [0.25, 0.3) is 0 Å². The van der Waals surface area contributed by atoms with E-state index in [4.69, 9.17) is 0 Å². The molecule has 0 fully saturated rings. The minimum absolute atomic E-state index is 0.398. The van der Waals surface area contributed by atoms with Gasteiger partial charge >= 0.3 is 0 Å². The summed E-state index contributed by atoms with van der Waals surface area (Å²) in [4.78, 5) is 0. The highest BCUT2D eigenvalue weighted by Gasteiger charge is 2.09. The largest absolute Gasteiger partial charge is 0.508 e. The lowest BCUT2D eigenvalue weighted by Crippen LogP contribution is -1.85. The molecule has 0 saturated heterocycles. The van der Waals surface area contributed by atoms with Crippen molar-refractivity contribution in [3.05, 3.63) is 34.9 Å². The van der Waals surface area contributed by atoms with E-state index < -0.39 is 0 Å². The fourth-order valence-corrected chi connectivity index (χ4v) is 1.49. The maximum atomic E-state index is 9.35. The Balaban J connectivity index is 2.70. The number of fused-ring (bicyclic) bond motifs is 1. The number of benzene rings is 1. The third-order valence-corrected chi connectivity index (χ3v) is 2.20. The molecule has 1 aliphatic carbocycles. The average molecular weight is 146 g/mol. The van der Waals surface area contributed by atoms with E-state index >= 15 is 0 Å². The molecule has 0 radical (unpaired) electrons. The zero-order chi connectivity index (χ0) is 7.84. The highest BCUT2D eigenvalue weighted by atomic mass is 16.3. The molecule has 0 unspecified atom stereocenters. The van der Waals surface area contributed by atoms with Crippen LogP contribution in [0, 0.1) is 6.92 Å². The second kappa shape index (κ2) is 2.12. The van der Waals surface area contributed by atoms with E-state index in [1.807, 2.05) is 13.0 Å². The van der Waals surface area contributed by atoms with Gasteiger partial charge in [-0.25, -0.2) is 0 Å². The summed E-state index contributed by atoms with van der Waals surface area (Å²) in [6.07, 6.45) is 5.21. The molecule has 1 heteroatoms. The van der Waals surface area contributed by atoms with Crippen LogP contribution in [0.1, 0.15) is 16.7 Å². The van der Waals surface area contributed by atoms with Crippen molar-refractivity contribution in [2.45, 2.75) is 13.3 Å². The third-order valence-electron chi connectivity index (χ3n) is 2.20. The van der Waals surface area contributed by atoms with Crippen molar-refractivity contribution in [3.8, 4) is 5.75 Å². The number of rotatable bonds is 0. The summed E-state index contributed by atoms with van der Waals surface area (Å²) >= 11 is 0. The standard InChI is InChI=1S/C10H10O/c1-7-9-4-2-3-8(9)5-6-10(7)11/h2,4-6,11H,3H2,1H3. The monoisotopic (exact) mass is 146 g/mol. The third kappa shape index (κ3) is 0.845. The van der Waals surface area contributed by atoms with Gasteiger partial charge in [-0.15, -0.1) is 0 Å². The quantitative estimate of drug-likeness (QED) is 0.595. The molecule has 0 atom stereocenters. The summed E-state index contributed by atoms with van der Waals surface area (Å²) in [5, 5.41) is 9.35. The first kappa shape index (κ1) is 6.47. The number of hydrogen-bond donors (Lipinski definition) is 1. The molecule has 0 amide bonds. The molecule has 1 aliphatic rings. The Kier molecular flexibility index (Phi) is 1.25. The molecule has 1 nitrogen and oxygen atoms in total. The first-order valence-corrected chi connectivity index (χ1v) is 3.77. The SMILES string of the molecule is Cc1c(O)ccc2c1C=CC2. The summed E-state index contributed by atoms with van der Waals surface area (Å²) in [7, 11) is 0. The van der Waals surface area contributed by atoms with Gasteiger partial charge in [-0.1, -0.05) is 18.2 Å². The van der Waals surface area contributed by atoms with Crippen molar-refractivity contribution < 1.29 is 5.11 Å². The lowest BCUT2D eigenvalue weighted by atomic mass is 10.0. The molecule has 0 heterocycles. The molecule has 56 valence electrons. The second-order valence-corrected chi connectivity index (χ2v) is 2.89. The van der Waals surface area contributed by atoms with Crippen LogP contribution < -0.4 is 0 Å². The van der Waals surface area contributed by atoms with Crippen LogP contribution in [0.15, 0.2) is 18.2 Å². The van der Waals surface area contributed by atoms with Gasteiger partial charge in [0.15, 0.2) is 0 Å². The maximum absolute atomic E-state index is 9.35. The lowest BCUT2D eigenvalue weighted by Gasteiger charge is -2.04. The zero-order valence-corrected chi connectivity index (χ0v) is 6.46. The molecule has 2 rings (SSSR count). The predicted octanol–water partition coefficient (Wildman–Crippen LogP) is 2.27. The summed E-state index contributed by atoms with van der Waals surface area (Å²) in [6.45, 7) is 1.95. The maximum Gasteiger partial charge on any atom is 0.119 e. The Hall–Kier alpha value is -1.24. The number of allylic oxidation sites excluding steroid dienone is 1. The molecular weight excluding hydrogens is 136 g/mol. The Morgan fingerprint density at radius 1 is 1.36 bits per heavy atom. The highest BCUT2D eigenvalue weighted by Crippen LogP contribution is 2.28. The molecular formula is C10H10O. The summed E-state index contributed by atoms with van der Waals surface area (Å²) < 4.78 is 0. The van der Waals surface area contributed by atoms with Gasteiger partial charge in [0.05, 0.1) is 0 Å². The highest BCUT2D eigenvalue weighted by molar-refractivity contribution is 5.65. The Bertz CT molecular complexity index is 324. The average Bonchev–Trinajstić information content (AvgIpc) is 2.45. The zero-order valence-electron chi connectivity index (χ0n) is 6.46. The molecule has 0 spiro atoms. The number of aromatic hydroxyl groups is 1. The summed E-state index contributed by atoms with van der Waals surface area (Å²) in [5.41, 5.74) is 3.52. The number of hydrogen-bond acceptors (Lipinski definition) is 1. The van der Waals surface area contributed by atoms with Crippen LogP contribution in [0.25, 0.3) is 6.08 Å². The van der Waals surface area contributed by atoms with E-state index in [9.17, 15) is 5.11 Å². The van der Waals surface area contributed by atoms with E-state index in [1.54, 1.807) is 6.07 Å². The van der Waals surface area contributed by atoms with Crippen LogP contribution in [0.2, 0.25) is 0 Å². The topological polar surface area (TPSA) is 20.2 Å². The first-order valence-electron chi connectivity index (χ1n) is 3.77. The lowest BCUT2D eigenvalue weighted by molar-refractivity contribution is 0.471. The smallest absolute Gasteiger partial charge is 0.119 e. The van der Waals surface area contributed by atoms with E-state index in [1.165, 1.54) is 11.1 Å². The second-order valence-electron chi connectivity index (χ2n) is 2.89. The number of phenolic OH excluding ortho intramolecular Hbond substituents is 1. The van der Waals surface area contributed by atoms with E-state index in [0.29, 0.717) is 5.75 Å². The molecule has 0 bridgehead atoms. The van der Waals surface area contributed by atoms with Crippen LogP contribution >= 0.6 is 0 Å². The van der Waals surface area contributed by atoms with Crippen molar-refractivity contribution in [2.75, 3.05) is 0 Å². The van der Waals surface area contributed by atoms with Crippen LogP contribution in [-0.4, -0.2) is 5.11 Å². The summed E-state index contributed by atoms with van der Waals surface area (Å²) in [5.74, 6) is 0.398.